The molecule has 0 radical (unpaired) electrons. The number of amides is 2. The van der Waals surface area contributed by atoms with Gasteiger partial charge in [0.15, 0.2) is 5.69 Å². The Morgan fingerprint density at radius 2 is 2.21 bits per heavy atom. The number of carbonyl (C=O) groups excluding carboxylic acids is 2. The highest BCUT2D eigenvalue weighted by Gasteiger charge is 2.29. The first-order valence-electron chi connectivity index (χ1n) is 8.70. The molecule has 2 aromatic rings. The summed E-state index contributed by atoms with van der Waals surface area (Å²) in [5, 5.41) is 22.1. The average Bonchev–Trinajstić information content (AvgIpc) is 3.30. The number of rotatable bonds is 9. The molecule has 2 heterocycles. The van der Waals surface area contributed by atoms with Gasteiger partial charge in [-0.3, -0.25) is 19.1 Å². The topological polar surface area (TPSA) is 152 Å². The van der Waals surface area contributed by atoms with Gasteiger partial charge in [0.1, 0.15) is 18.4 Å². The highest BCUT2D eigenvalue weighted by atomic mass is 32.2. The normalized spacial score (nSPS) is 15.6. The second-order valence-corrected chi connectivity index (χ2v) is 7.23. The Morgan fingerprint density at radius 3 is 2.96 bits per heavy atom. The summed E-state index contributed by atoms with van der Waals surface area (Å²) in [6.07, 6.45) is 4.67. The number of hydrogen-bond acceptors (Lipinski definition) is 8. The fourth-order valence-electron chi connectivity index (χ4n) is 2.92. The molecule has 1 aliphatic carbocycles. The van der Waals surface area contributed by atoms with E-state index in [1.54, 1.807) is 11.0 Å². The van der Waals surface area contributed by atoms with Crippen molar-refractivity contribution in [3.63, 3.8) is 0 Å². The summed E-state index contributed by atoms with van der Waals surface area (Å²) in [4.78, 5) is 38.7. The van der Waals surface area contributed by atoms with Crippen LogP contribution in [0.25, 0.3) is 0 Å². The van der Waals surface area contributed by atoms with E-state index in [1.165, 1.54) is 6.33 Å². The monoisotopic (exact) mass is 408 g/mol. The molecular weight excluding hydrogens is 388 g/mol. The highest BCUT2D eigenvalue weighted by Crippen LogP contribution is 2.24. The molecule has 0 saturated heterocycles. The largest absolute Gasteiger partial charge is 0.481 e. The van der Waals surface area contributed by atoms with Crippen LogP contribution in [-0.4, -0.2) is 66.9 Å². The van der Waals surface area contributed by atoms with Gasteiger partial charge < -0.3 is 20.3 Å². The first-order valence-corrected chi connectivity index (χ1v) is 9.85. The predicted octanol–water partition coefficient (Wildman–Crippen LogP) is -0.513. The summed E-state index contributed by atoms with van der Waals surface area (Å²) >= 11 is 1.04. The van der Waals surface area contributed by atoms with Crippen LogP contribution in [0.3, 0.4) is 0 Å². The molecule has 0 bridgehead atoms. The number of thioether (sulfide) groups is 1. The Hall–Kier alpha value is -2.89. The van der Waals surface area contributed by atoms with E-state index >= 15 is 0 Å². The first kappa shape index (κ1) is 19.9. The second kappa shape index (κ2) is 9.35. The van der Waals surface area contributed by atoms with Gasteiger partial charge >= 0.3 is 5.97 Å². The molecular formula is C16H20N6O5S. The minimum Gasteiger partial charge on any atom is -0.481 e. The Bertz CT molecular complexity index is 837. The van der Waals surface area contributed by atoms with Gasteiger partial charge in [0.05, 0.1) is 18.1 Å². The van der Waals surface area contributed by atoms with E-state index < -0.39 is 5.97 Å². The minimum atomic E-state index is -0.955. The van der Waals surface area contributed by atoms with E-state index in [4.69, 9.17) is 9.63 Å². The van der Waals surface area contributed by atoms with E-state index in [-0.39, 0.29) is 35.1 Å². The number of carboxylic acids is 1. The van der Waals surface area contributed by atoms with Crippen molar-refractivity contribution in [1.29, 1.82) is 0 Å². The van der Waals surface area contributed by atoms with Crippen LogP contribution >= 0.6 is 11.8 Å². The zero-order chi connectivity index (χ0) is 19.9. The van der Waals surface area contributed by atoms with Gasteiger partial charge in [0, 0.05) is 24.6 Å². The fraction of sp³-hybridized carbons (Fsp3) is 0.500. The molecule has 150 valence electrons. The Balaban J connectivity index is 1.51. The molecule has 3 N–H and O–H groups in total. The Kier molecular flexibility index (Phi) is 6.63. The maximum absolute atomic E-state index is 12.4. The van der Waals surface area contributed by atoms with E-state index in [1.807, 2.05) is 0 Å². The number of aryl methyl sites for hydroxylation is 1. The van der Waals surface area contributed by atoms with Crippen LogP contribution in [0.15, 0.2) is 17.2 Å². The summed E-state index contributed by atoms with van der Waals surface area (Å²) in [6, 6.07) is -0.147. The second-order valence-electron chi connectivity index (χ2n) is 6.24. The summed E-state index contributed by atoms with van der Waals surface area (Å²) < 4.78 is 6.89. The molecule has 2 aromatic heterocycles. The lowest BCUT2D eigenvalue weighted by Crippen LogP contribution is -2.40. The first-order chi connectivity index (χ1) is 13.5. The quantitative estimate of drug-likeness (QED) is 0.498. The minimum absolute atomic E-state index is 0.0783. The van der Waals surface area contributed by atoms with Crippen molar-refractivity contribution >= 4 is 29.5 Å². The summed E-state index contributed by atoms with van der Waals surface area (Å²) in [6.45, 7) is 0.850. The molecule has 11 nitrogen and oxygen atoms in total. The third-order valence-corrected chi connectivity index (χ3v) is 5.09. The molecule has 0 fully saturated rings. The molecule has 0 aliphatic heterocycles. The molecule has 12 heteroatoms. The van der Waals surface area contributed by atoms with Crippen molar-refractivity contribution in [2.75, 3.05) is 18.1 Å². The van der Waals surface area contributed by atoms with Gasteiger partial charge in [-0.2, -0.15) is 5.10 Å². The molecule has 3 rings (SSSR count). The molecule has 0 aromatic carbocycles. The van der Waals surface area contributed by atoms with Gasteiger partial charge in [-0.1, -0.05) is 5.16 Å². The van der Waals surface area contributed by atoms with Crippen LogP contribution < -0.4 is 10.6 Å². The van der Waals surface area contributed by atoms with Crippen LogP contribution in [-0.2, 0) is 29.0 Å². The number of hydrogen-bond donors (Lipinski definition) is 3. The average molecular weight is 408 g/mol. The standard InChI is InChI=1S/C16H20N6O5S/c23-13(6-28-7-14(24)25)20-10-1-2-12-11(5-10)15(21-27-12)16(26)18-3-4-22-9-17-8-19-22/h8-10H,1-7H2,(H,18,26)(H,20,23)(H,24,25). The molecule has 2 amide bonds. The van der Waals surface area contributed by atoms with Crippen molar-refractivity contribution in [3.8, 4) is 0 Å². The number of aliphatic carboxylic acids is 1. The number of carbonyl (C=O) groups is 3. The summed E-state index contributed by atoms with van der Waals surface area (Å²) in [5.74, 6) is -0.901. The van der Waals surface area contributed by atoms with Crippen LogP contribution in [0.1, 0.15) is 28.2 Å². The van der Waals surface area contributed by atoms with Crippen molar-refractivity contribution < 1.29 is 24.0 Å². The summed E-state index contributed by atoms with van der Waals surface area (Å²) in [5.41, 5.74) is 0.931. The smallest absolute Gasteiger partial charge is 0.313 e. The van der Waals surface area contributed by atoms with Crippen molar-refractivity contribution in [2.24, 2.45) is 0 Å². The maximum atomic E-state index is 12.4. The molecule has 0 saturated carbocycles. The number of fused-ring (bicyclic) bond motifs is 1. The zero-order valence-corrected chi connectivity index (χ0v) is 15.8. The third kappa shape index (κ3) is 5.31. The van der Waals surface area contributed by atoms with E-state index in [0.29, 0.717) is 43.7 Å². The SMILES string of the molecule is O=C(O)CSCC(=O)NC1CCc2onc(C(=O)NCCn3cncn3)c2C1. The van der Waals surface area contributed by atoms with Crippen LogP contribution in [0.4, 0.5) is 0 Å². The fourth-order valence-corrected chi connectivity index (χ4v) is 3.47. The molecule has 1 aliphatic rings. The number of carboxylic acid groups (broad SMARTS) is 1. The van der Waals surface area contributed by atoms with E-state index in [9.17, 15) is 14.4 Å². The molecule has 0 spiro atoms. The van der Waals surface area contributed by atoms with E-state index in [0.717, 1.165) is 11.8 Å². The van der Waals surface area contributed by atoms with Crippen LogP contribution in [0.2, 0.25) is 0 Å². The molecule has 28 heavy (non-hydrogen) atoms. The highest BCUT2D eigenvalue weighted by molar-refractivity contribution is 8.00. The van der Waals surface area contributed by atoms with Gasteiger partial charge in [-0.25, -0.2) is 4.98 Å². The number of nitrogens with one attached hydrogen (secondary N) is 2. The van der Waals surface area contributed by atoms with Crippen LogP contribution in [0, 0.1) is 0 Å². The predicted molar refractivity (Wildman–Crippen MR) is 97.8 cm³/mol. The lowest BCUT2D eigenvalue weighted by Gasteiger charge is -2.22. The van der Waals surface area contributed by atoms with Gasteiger partial charge in [-0.15, -0.1) is 11.8 Å². The zero-order valence-electron chi connectivity index (χ0n) is 15.0. The van der Waals surface area contributed by atoms with Crippen molar-refractivity contribution in [3.05, 3.63) is 29.7 Å². The van der Waals surface area contributed by atoms with Gasteiger partial charge in [0.2, 0.25) is 5.91 Å². The Morgan fingerprint density at radius 1 is 1.36 bits per heavy atom. The van der Waals surface area contributed by atoms with E-state index in [2.05, 4.69) is 25.9 Å². The van der Waals surface area contributed by atoms with Crippen molar-refractivity contribution in [1.82, 2.24) is 30.6 Å². The molecule has 1 unspecified atom stereocenters. The van der Waals surface area contributed by atoms with Crippen molar-refractivity contribution in [2.45, 2.75) is 31.8 Å². The number of nitrogens with zero attached hydrogens (tertiary/aromatic N) is 4. The van der Waals surface area contributed by atoms with Crippen LogP contribution in [0.5, 0.6) is 0 Å². The lowest BCUT2D eigenvalue weighted by atomic mass is 9.92. The lowest BCUT2D eigenvalue weighted by molar-refractivity contribution is -0.133. The van der Waals surface area contributed by atoms with Gasteiger partial charge in [0.25, 0.3) is 5.91 Å². The van der Waals surface area contributed by atoms with Gasteiger partial charge in [-0.05, 0) is 12.8 Å². The summed E-state index contributed by atoms with van der Waals surface area (Å²) in [7, 11) is 0. The Labute approximate surface area is 164 Å². The number of aromatic nitrogens is 4. The third-order valence-electron chi connectivity index (χ3n) is 4.17. The maximum Gasteiger partial charge on any atom is 0.313 e. The molecule has 1 atom stereocenters.